The third-order valence-corrected chi connectivity index (χ3v) is 4.94. The molecule has 0 radical (unpaired) electrons. The lowest BCUT2D eigenvalue weighted by molar-refractivity contribution is -0.127. The average Bonchev–Trinajstić information content (AvgIpc) is 3.28. The van der Waals surface area contributed by atoms with E-state index in [2.05, 4.69) is 28.3 Å². The van der Waals surface area contributed by atoms with Crippen LogP contribution in [0.4, 0.5) is 0 Å². The lowest BCUT2D eigenvalue weighted by Gasteiger charge is -2.15. The van der Waals surface area contributed by atoms with Gasteiger partial charge in [0.1, 0.15) is 12.2 Å². The van der Waals surface area contributed by atoms with Crippen molar-refractivity contribution in [3.63, 3.8) is 0 Å². The SMILES string of the molecule is O=C1CCCN1CCCc1ncnn1-c1ccc2c(c1)CCC2. The summed E-state index contributed by atoms with van der Waals surface area (Å²) < 4.78 is 1.95. The van der Waals surface area contributed by atoms with Gasteiger partial charge in [-0.05, 0) is 55.4 Å². The van der Waals surface area contributed by atoms with Crippen molar-refractivity contribution in [1.29, 1.82) is 0 Å². The molecule has 1 aliphatic heterocycles. The van der Waals surface area contributed by atoms with E-state index in [1.807, 2.05) is 9.58 Å². The predicted molar refractivity (Wildman–Crippen MR) is 87.5 cm³/mol. The van der Waals surface area contributed by atoms with E-state index in [1.165, 1.54) is 30.4 Å². The van der Waals surface area contributed by atoms with Gasteiger partial charge in [0.25, 0.3) is 0 Å². The Hall–Kier alpha value is -2.17. The van der Waals surface area contributed by atoms with E-state index >= 15 is 0 Å². The number of likely N-dealkylation sites (tertiary alicyclic amines) is 1. The first-order valence-corrected chi connectivity index (χ1v) is 8.60. The van der Waals surface area contributed by atoms with Crippen molar-refractivity contribution in [1.82, 2.24) is 19.7 Å². The van der Waals surface area contributed by atoms with Crippen molar-refractivity contribution in [3.8, 4) is 5.69 Å². The van der Waals surface area contributed by atoms with Gasteiger partial charge in [0.15, 0.2) is 0 Å². The van der Waals surface area contributed by atoms with E-state index in [-0.39, 0.29) is 0 Å². The zero-order valence-electron chi connectivity index (χ0n) is 13.4. The normalized spacial score (nSPS) is 17.0. The van der Waals surface area contributed by atoms with Crippen LogP contribution in [0.1, 0.15) is 42.6 Å². The molecule has 1 aliphatic carbocycles. The molecular formula is C18H22N4O. The molecule has 0 unspecified atom stereocenters. The molecule has 1 aromatic heterocycles. The Morgan fingerprint density at radius 1 is 1.09 bits per heavy atom. The van der Waals surface area contributed by atoms with Gasteiger partial charge in [-0.25, -0.2) is 9.67 Å². The first kappa shape index (κ1) is 14.4. The van der Waals surface area contributed by atoms with E-state index in [9.17, 15) is 4.79 Å². The Balaban J connectivity index is 1.45. The summed E-state index contributed by atoms with van der Waals surface area (Å²) in [7, 11) is 0. The lowest BCUT2D eigenvalue weighted by Crippen LogP contribution is -2.26. The molecule has 120 valence electrons. The standard InChI is InChI=1S/C18H22N4O/c23-18-7-3-11-21(18)10-2-6-17-19-13-20-22(17)16-9-8-14-4-1-5-15(14)12-16/h8-9,12-13H,1-7,10-11H2. The molecule has 2 aliphatic rings. The fourth-order valence-corrected chi connectivity index (χ4v) is 3.71. The molecule has 1 amide bonds. The molecule has 1 fully saturated rings. The Labute approximate surface area is 136 Å². The van der Waals surface area contributed by atoms with Crippen LogP contribution in [-0.4, -0.2) is 38.7 Å². The second kappa shape index (κ2) is 6.14. The van der Waals surface area contributed by atoms with Gasteiger partial charge in [0.2, 0.25) is 5.91 Å². The molecule has 0 saturated carbocycles. The number of amides is 1. The number of hydrogen-bond acceptors (Lipinski definition) is 3. The van der Waals surface area contributed by atoms with Gasteiger partial charge in [-0.15, -0.1) is 0 Å². The molecule has 1 saturated heterocycles. The number of carbonyl (C=O) groups excluding carboxylic acids is 1. The number of aromatic nitrogens is 3. The van der Waals surface area contributed by atoms with Gasteiger partial charge in [-0.1, -0.05) is 6.07 Å². The van der Waals surface area contributed by atoms with Gasteiger partial charge in [-0.3, -0.25) is 4.79 Å². The third kappa shape index (κ3) is 2.87. The van der Waals surface area contributed by atoms with Crippen LogP contribution in [0.15, 0.2) is 24.5 Å². The Morgan fingerprint density at radius 3 is 2.87 bits per heavy atom. The smallest absolute Gasteiger partial charge is 0.222 e. The highest BCUT2D eigenvalue weighted by Gasteiger charge is 2.19. The van der Waals surface area contributed by atoms with Gasteiger partial charge in [-0.2, -0.15) is 5.10 Å². The van der Waals surface area contributed by atoms with Crippen LogP contribution in [0.3, 0.4) is 0 Å². The molecule has 2 heterocycles. The summed E-state index contributed by atoms with van der Waals surface area (Å²) >= 11 is 0. The van der Waals surface area contributed by atoms with Gasteiger partial charge < -0.3 is 4.90 Å². The fraction of sp³-hybridized carbons (Fsp3) is 0.500. The molecule has 2 aromatic rings. The maximum Gasteiger partial charge on any atom is 0.222 e. The first-order chi connectivity index (χ1) is 11.3. The van der Waals surface area contributed by atoms with E-state index in [4.69, 9.17) is 0 Å². The molecule has 1 aromatic carbocycles. The van der Waals surface area contributed by atoms with Crippen LogP contribution in [-0.2, 0) is 24.1 Å². The van der Waals surface area contributed by atoms with E-state index in [1.54, 1.807) is 6.33 Å². The number of nitrogens with zero attached hydrogens (tertiary/aromatic N) is 4. The first-order valence-electron chi connectivity index (χ1n) is 8.60. The molecule has 0 spiro atoms. The minimum Gasteiger partial charge on any atom is -0.343 e. The highest BCUT2D eigenvalue weighted by Crippen LogP contribution is 2.24. The number of rotatable bonds is 5. The van der Waals surface area contributed by atoms with E-state index in [0.29, 0.717) is 12.3 Å². The van der Waals surface area contributed by atoms with Crippen LogP contribution in [0.2, 0.25) is 0 Å². The van der Waals surface area contributed by atoms with Crippen LogP contribution >= 0.6 is 0 Å². The van der Waals surface area contributed by atoms with Gasteiger partial charge >= 0.3 is 0 Å². The predicted octanol–water partition coefficient (Wildman–Crippen LogP) is 2.31. The maximum atomic E-state index is 11.7. The zero-order chi connectivity index (χ0) is 15.6. The van der Waals surface area contributed by atoms with E-state index in [0.717, 1.165) is 43.9 Å². The molecule has 0 N–H and O–H groups in total. The van der Waals surface area contributed by atoms with Crippen molar-refractivity contribution >= 4 is 5.91 Å². The number of benzene rings is 1. The van der Waals surface area contributed by atoms with Crippen LogP contribution in [0.25, 0.3) is 5.69 Å². The molecule has 0 atom stereocenters. The van der Waals surface area contributed by atoms with Crippen LogP contribution < -0.4 is 0 Å². The summed E-state index contributed by atoms with van der Waals surface area (Å²) in [6.07, 6.45) is 8.76. The molecular weight excluding hydrogens is 288 g/mol. The van der Waals surface area contributed by atoms with Crippen molar-refractivity contribution in [2.24, 2.45) is 0 Å². The summed E-state index contributed by atoms with van der Waals surface area (Å²) in [5.41, 5.74) is 4.03. The van der Waals surface area contributed by atoms with Crippen molar-refractivity contribution in [3.05, 3.63) is 41.5 Å². The molecule has 4 rings (SSSR count). The highest BCUT2D eigenvalue weighted by atomic mass is 16.2. The second-order valence-electron chi connectivity index (χ2n) is 6.48. The van der Waals surface area contributed by atoms with E-state index < -0.39 is 0 Å². The second-order valence-corrected chi connectivity index (χ2v) is 6.48. The highest BCUT2D eigenvalue weighted by molar-refractivity contribution is 5.77. The van der Waals surface area contributed by atoms with Gasteiger partial charge in [0, 0.05) is 25.9 Å². The van der Waals surface area contributed by atoms with Crippen molar-refractivity contribution in [2.75, 3.05) is 13.1 Å². The van der Waals surface area contributed by atoms with Gasteiger partial charge in [0.05, 0.1) is 5.69 Å². The summed E-state index contributed by atoms with van der Waals surface area (Å²) in [6.45, 7) is 1.74. The molecule has 23 heavy (non-hydrogen) atoms. The number of aryl methyl sites for hydroxylation is 3. The average molecular weight is 310 g/mol. The van der Waals surface area contributed by atoms with Crippen LogP contribution in [0.5, 0.6) is 0 Å². The topological polar surface area (TPSA) is 51.0 Å². The van der Waals surface area contributed by atoms with Crippen molar-refractivity contribution < 1.29 is 4.79 Å². The van der Waals surface area contributed by atoms with Crippen molar-refractivity contribution in [2.45, 2.75) is 44.9 Å². The number of hydrogen-bond donors (Lipinski definition) is 0. The number of fused-ring (bicyclic) bond motifs is 1. The quantitative estimate of drug-likeness (QED) is 0.851. The summed E-state index contributed by atoms with van der Waals surface area (Å²) in [6, 6.07) is 6.63. The Morgan fingerprint density at radius 2 is 2.00 bits per heavy atom. The molecule has 5 heteroatoms. The third-order valence-electron chi connectivity index (χ3n) is 4.94. The number of carbonyl (C=O) groups is 1. The fourth-order valence-electron chi connectivity index (χ4n) is 3.71. The summed E-state index contributed by atoms with van der Waals surface area (Å²) in [5.74, 6) is 1.28. The Kier molecular flexibility index (Phi) is 3.85. The molecule has 0 bridgehead atoms. The zero-order valence-corrected chi connectivity index (χ0v) is 13.4. The maximum absolute atomic E-state index is 11.7. The minimum absolute atomic E-state index is 0.296. The minimum atomic E-state index is 0.296. The monoisotopic (exact) mass is 310 g/mol. The summed E-state index contributed by atoms with van der Waals surface area (Å²) in [5, 5.41) is 4.40. The Bertz CT molecular complexity index is 722. The lowest BCUT2D eigenvalue weighted by atomic mass is 10.1. The summed E-state index contributed by atoms with van der Waals surface area (Å²) in [4.78, 5) is 18.0. The largest absolute Gasteiger partial charge is 0.343 e. The molecule has 5 nitrogen and oxygen atoms in total. The van der Waals surface area contributed by atoms with Crippen LogP contribution in [0, 0.1) is 0 Å².